The maximum Gasteiger partial charge on any atom is 0.161 e. The Morgan fingerprint density at radius 3 is 2.48 bits per heavy atom. The van der Waals surface area contributed by atoms with Crippen LogP contribution < -0.4 is 9.47 Å². The number of rotatable bonds is 7. The maximum absolute atomic E-state index is 10.1. The summed E-state index contributed by atoms with van der Waals surface area (Å²) < 4.78 is 11.4. The summed E-state index contributed by atoms with van der Waals surface area (Å²) in [6.45, 7) is 5.50. The van der Waals surface area contributed by atoms with Gasteiger partial charge in [-0.05, 0) is 56.6 Å². The van der Waals surface area contributed by atoms with Crippen molar-refractivity contribution in [2.45, 2.75) is 52.1 Å². The van der Waals surface area contributed by atoms with Gasteiger partial charge in [0.2, 0.25) is 0 Å². The van der Waals surface area contributed by atoms with Gasteiger partial charge in [0.15, 0.2) is 11.5 Å². The van der Waals surface area contributed by atoms with Crippen molar-refractivity contribution in [3.63, 3.8) is 0 Å². The zero-order chi connectivity index (χ0) is 15.1. The number of benzene rings is 1. The lowest BCUT2D eigenvalue weighted by Crippen LogP contribution is -2.30. The lowest BCUT2D eigenvalue weighted by molar-refractivity contribution is 0.0359. The SMILES string of the molecule is CCOc1ccccc1OCCC1CC(CC)CCC1O. The van der Waals surface area contributed by atoms with Crippen LogP contribution in [-0.4, -0.2) is 24.4 Å². The largest absolute Gasteiger partial charge is 0.490 e. The number of aliphatic hydroxyl groups is 1. The van der Waals surface area contributed by atoms with Crippen LogP contribution in [0.3, 0.4) is 0 Å². The van der Waals surface area contributed by atoms with E-state index >= 15 is 0 Å². The van der Waals surface area contributed by atoms with Crippen LogP contribution >= 0.6 is 0 Å². The van der Waals surface area contributed by atoms with Gasteiger partial charge in [0.05, 0.1) is 19.3 Å². The summed E-state index contributed by atoms with van der Waals surface area (Å²) in [5.74, 6) is 2.75. The number of ether oxygens (including phenoxy) is 2. The predicted octanol–water partition coefficient (Wildman–Crippen LogP) is 4.04. The van der Waals surface area contributed by atoms with Gasteiger partial charge in [-0.2, -0.15) is 0 Å². The Bertz CT molecular complexity index is 419. The molecule has 1 aromatic carbocycles. The van der Waals surface area contributed by atoms with Gasteiger partial charge in [-0.15, -0.1) is 0 Å². The molecule has 3 nitrogen and oxygen atoms in total. The van der Waals surface area contributed by atoms with Crippen LogP contribution in [-0.2, 0) is 0 Å². The molecule has 0 aromatic heterocycles. The third-order valence-corrected chi connectivity index (χ3v) is 4.52. The third kappa shape index (κ3) is 4.63. The van der Waals surface area contributed by atoms with E-state index in [0.717, 1.165) is 36.7 Å². The summed E-state index contributed by atoms with van der Waals surface area (Å²) >= 11 is 0. The van der Waals surface area contributed by atoms with Crippen molar-refractivity contribution >= 4 is 0 Å². The number of hydrogen-bond donors (Lipinski definition) is 1. The summed E-state index contributed by atoms with van der Waals surface area (Å²) in [5.41, 5.74) is 0. The van der Waals surface area contributed by atoms with Crippen molar-refractivity contribution in [2.75, 3.05) is 13.2 Å². The van der Waals surface area contributed by atoms with Crippen LogP contribution in [0, 0.1) is 11.8 Å². The fourth-order valence-corrected chi connectivity index (χ4v) is 3.19. The Balaban J connectivity index is 1.83. The lowest BCUT2D eigenvalue weighted by Gasteiger charge is -2.32. The minimum atomic E-state index is -0.154. The van der Waals surface area contributed by atoms with Crippen LogP contribution in [0.25, 0.3) is 0 Å². The first kappa shape index (κ1) is 16.2. The monoisotopic (exact) mass is 292 g/mol. The Labute approximate surface area is 128 Å². The van der Waals surface area contributed by atoms with Gasteiger partial charge in [0, 0.05) is 0 Å². The molecule has 118 valence electrons. The van der Waals surface area contributed by atoms with E-state index in [2.05, 4.69) is 6.92 Å². The van der Waals surface area contributed by atoms with Gasteiger partial charge in [0.1, 0.15) is 0 Å². The molecule has 1 aliphatic rings. The molecular formula is C18H28O3. The summed E-state index contributed by atoms with van der Waals surface area (Å²) in [4.78, 5) is 0. The molecule has 1 aromatic rings. The fraction of sp³-hybridized carbons (Fsp3) is 0.667. The molecular weight excluding hydrogens is 264 g/mol. The second kappa shape index (κ2) is 8.28. The van der Waals surface area contributed by atoms with Crippen LogP contribution in [0.5, 0.6) is 11.5 Å². The second-order valence-electron chi connectivity index (χ2n) is 5.93. The Kier molecular flexibility index (Phi) is 6.37. The van der Waals surface area contributed by atoms with Gasteiger partial charge in [0.25, 0.3) is 0 Å². The van der Waals surface area contributed by atoms with Crippen molar-refractivity contribution in [3.05, 3.63) is 24.3 Å². The Morgan fingerprint density at radius 1 is 1.10 bits per heavy atom. The highest BCUT2D eigenvalue weighted by Crippen LogP contribution is 2.34. The van der Waals surface area contributed by atoms with Crippen LogP contribution in [0.4, 0.5) is 0 Å². The molecule has 1 saturated carbocycles. The second-order valence-corrected chi connectivity index (χ2v) is 5.93. The summed E-state index contributed by atoms with van der Waals surface area (Å²) in [7, 11) is 0. The van der Waals surface area contributed by atoms with Crippen molar-refractivity contribution in [3.8, 4) is 11.5 Å². The van der Waals surface area contributed by atoms with Gasteiger partial charge in [-0.3, -0.25) is 0 Å². The maximum atomic E-state index is 10.1. The number of hydrogen-bond acceptors (Lipinski definition) is 3. The van der Waals surface area contributed by atoms with E-state index in [1.54, 1.807) is 0 Å². The highest BCUT2D eigenvalue weighted by atomic mass is 16.5. The fourth-order valence-electron chi connectivity index (χ4n) is 3.19. The molecule has 0 amide bonds. The lowest BCUT2D eigenvalue weighted by atomic mass is 9.77. The first-order valence-corrected chi connectivity index (χ1v) is 8.27. The zero-order valence-corrected chi connectivity index (χ0v) is 13.3. The molecule has 2 rings (SSSR count). The Hall–Kier alpha value is -1.22. The van der Waals surface area contributed by atoms with Gasteiger partial charge in [-0.1, -0.05) is 25.5 Å². The molecule has 1 fully saturated rings. The van der Waals surface area contributed by atoms with Crippen LogP contribution in [0.15, 0.2) is 24.3 Å². The normalized spacial score (nSPS) is 25.6. The molecule has 0 heterocycles. The molecule has 1 N–H and O–H groups in total. The highest BCUT2D eigenvalue weighted by Gasteiger charge is 2.28. The van der Waals surface area contributed by atoms with Gasteiger partial charge < -0.3 is 14.6 Å². The predicted molar refractivity (Wildman–Crippen MR) is 84.9 cm³/mol. The molecule has 0 saturated heterocycles. The average Bonchev–Trinajstić information content (AvgIpc) is 2.51. The van der Waals surface area contributed by atoms with Gasteiger partial charge >= 0.3 is 0 Å². The van der Waals surface area contributed by atoms with Crippen molar-refractivity contribution in [1.29, 1.82) is 0 Å². The molecule has 21 heavy (non-hydrogen) atoms. The van der Waals surface area contributed by atoms with Crippen LogP contribution in [0.1, 0.15) is 46.0 Å². The summed E-state index contributed by atoms with van der Waals surface area (Å²) in [6.07, 6.45) is 5.23. The van der Waals surface area contributed by atoms with E-state index in [9.17, 15) is 5.11 Å². The molecule has 0 spiro atoms. The van der Waals surface area contributed by atoms with Crippen molar-refractivity contribution in [2.24, 2.45) is 11.8 Å². The molecule has 0 aliphatic heterocycles. The molecule has 0 bridgehead atoms. The topological polar surface area (TPSA) is 38.7 Å². The van der Waals surface area contributed by atoms with E-state index < -0.39 is 0 Å². The van der Waals surface area contributed by atoms with Gasteiger partial charge in [-0.25, -0.2) is 0 Å². The Morgan fingerprint density at radius 2 is 1.81 bits per heavy atom. The zero-order valence-electron chi connectivity index (χ0n) is 13.3. The third-order valence-electron chi connectivity index (χ3n) is 4.52. The van der Waals surface area contributed by atoms with Crippen LogP contribution in [0.2, 0.25) is 0 Å². The van der Waals surface area contributed by atoms with Crippen molar-refractivity contribution < 1.29 is 14.6 Å². The molecule has 3 atom stereocenters. The summed E-state index contributed by atoms with van der Waals surface area (Å²) in [6, 6.07) is 7.79. The average molecular weight is 292 g/mol. The minimum absolute atomic E-state index is 0.154. The molecule has 3 heteroatoms. The standard InChI is InChI=1S/C18H28O3/c1-3-14-9-10-16(19)15(13-14)11-12-21-18-8-6-5-7-17(18)20-4-2/h5-8,14-16,19H,3-4,9-13H2,1-2H3. The van der Waals surface area contributed by atoms with Crippen molar-refractivity contribution in [1.82, 2.24) is 0 Å². The molecule has 3 unspecified atom stereocenters. The smallest absolute Gasteiger partial charge is 0.161 e. The molecule has 0 radical (unpaired) electrons. The van der Waals surface area contributed by atoms with E-state index in [1.807, 2.05) is 31.2 Å². The summed E-state index contributed by atoms with van der Waals surface area (Å²) in [5, 5.41) is 10.1. The quantitative estimate of drug-likeness (QED) is 0.824. The first-order chi connectivity index (χ1) is 10.2. The minimum Gasteiger partial charge on any atom is -0.490 e. The highest BCUT2D eigenvalue weighted by molar-refractivity contribution is 5.39. The van der Waals surface area contributed by atoms with E-state index in [4.69, 9.17) is 9.47 Å². The first-order valence-electron chi connectivity index (χ1n) is 8.27. The van der Waals surface area contributed by atoms with E-state index in [0.29, 0.717) is 19.1 Å². The van der Waals surface area contributed by atoms with E-state index in [1.165, 1.54) is 12.8 Å². The van der Waals surface area contributed by atoms with E-state index in [-0.39, 0.29) is 6.10 Å². The number of para-hydroxylation sites is 2. The number of aliphatic hydroxyl groups excluding tert-OH is 1. The molecule has 1 aliphatic carbocycles.